The van der Waals surface area contributed by atoms with Crippen LogP contribution < -0.4 is 16.4 Å². The van der Waals surface area contributed by atoms with Crippen LogP contribution in [0.5, 0.6) is 0 Å². The summed E-state index contributed by atoms with van der Waals surface area (Å²) < 4.78 is 4.39. The summed E-state index contributed by atoms with van der Waals surface area (Å²) in [6, 6.07) is -1.56. The van der Waals surface area contributed by atoms with E-state index in [4.69, 9.17) is 10.8 Å². The van der Waals surface area contributed by atoms with Crippen LogP contribution in [0.4, 0.5) is 9.59 Å². The molecule has 0 aliphatic carbocycles. The average Bonchev–Trinajstić information content (AvgIpc) is 2.29. The first-order valence-corrected chi connectivity index (χ1v) is 6.55. The predicted molar refractivity (Wildman–Crippen MR) is 66.5 cm³/mol. The van der Waals surface area contributed by atoms with E-state index in [-0.39, 0.29) is 13.2 Å². The highest BCUT2D eigenvalue weighted by Gasteiger charge is 2.18. The summed E-state index contributed by atoms with van der Waals surface area (Å²) >= 11 is 1.49. The number of aliphatic carboxylic acids is 1. The van der Waals surface area contributed by atoms with Gasteiger partial charge in [-0.15, -0.1) is 0 Å². The summed E-state index contributed by atoms with van der Waals surface area (Å²) in [6.07, 6.45) is 1.25. The summed E-state index contributed by atoms with van der Waals surface area (Å²) in [5, 5.41) is 13.5. The van der Waals surface area contributed by atoms with Gasteiger partial charge in [-0.05, 0) is 18.4 Å². The molecule has 0 radical (unpaired) electrons. The third kappa shape index (κ3) is 8.50. The van der Waals surface area contributed by atoms with Gasteiger partial charge in [-0.2, -0.15) is 11.8 Å². The van der Waals surface area contributed by atoms with Crippen molar-refractivity contribution < 1.29 is 24.2 Å². The molecule has 0 aliphatic heterocycles. The van der Waals surface area contributed by atoms with E-state index in [0.717, 1.165) is 0 Å². The number of carbonyl (C=O) groups is 3. The largest absolute Gasteiger partial charge is 0.480 e. The fourth-order valence-corrected chi connectivity index (χ4v) is 1.49. The van der Waals surface area contributed by atoms with Gasteiger partial charge in [0.25, 0.3) is 0 Å². The summed E-state index contributed by atoms with van der Waals surface area (Å²) in [4.78, 5) is 32.3. The van der Waals surface area contributed by atoms with Crippen LogP contribution in [0.1, 0.15) is 6.42 Å². The molecule has 0 fully saturated rings. The standard InChI is InChI=1S/C9H17N3O5S/c1-18-5-2-6(7(13)14)12-9(16)11-3-4-17-8(10)15/h6H,2-5H2,1H3,(H2,10,15)(H,13,14)(H2,11,12,16)/t6-/m0/s1. The quantitative estimate of drug-likeness (QED) is 0.447. The van der Waals surface area contributed by atoms with E-state index in [0.29, 0.717) is 12.2 Å². The van der Waals surface area contributed by atoms with Crippen molar-refractivity contribution >= 4 is 29.9 Å². The number of carboxylic acid groups (broad SMARTS) is 1. The van der Waals surface area contributed by atoms with Crippen molar-refractivity contribution in [2.45, 2.75) is 12.5 Å². The van der Waals surface area contributed by atoms with E-state index in [2.05, 4.69) is 15.4 Å². The molecule has 5 N–H and O–H groups in total. The minimum absolute atomic E-state index is 0.0592. The van der Waals surface area contributed by atoms with E-state index >= 15 is 0 Å². The normalized spacial score (nSPS) is 11.4. The Morgan fingerprint density at radius 2 is 2.11 bits per heavy atom. The number of nitrogens with two attached hydrogens (primary N) is 1. The topological polar surface area (TPSA) is 131 Å². The van der Waals surface area contributed by atoms with E-state index in [1.54, 1.807) is 0 Å². The molecule has 0 heterocycles. The molecular weight excluding hydrogens is 262 g/mol. The molecule has 18 heavy (non-hydrogen) atoms. The molecule has 0 aromatic rings. The first-order chi connectivity index (χ1) is 8.47. The van der Waals surface area contributed by atoms with Gasteiger partial charge < -0.3 is 26.2 Å². The molecule has 8 nitrogen and oxygen atoms in total. The Labute approximate surface area is 109 Å². The minimum Gasteiger partial charge on any atom is -0.480 e. The Morgan fingerprint density at radius 3 is 2.61 bits per heavy atom. The summed E-state index contributed by atoms with van der Waals surface area (Å²) in [7, 11) is 0. The number of hydrogen-bond acceptors (Lipinski definition) is 5. The van der Waals surface area contributed by atoms with Gasteiger partial charge >= 0.3 is 18.1 Å². The number of primary amides is 1. The molecule has 1 atom stereocenters. The zero-order chi connectivity index (χ0) is 14.0. The van der Waals surface area contributed by atoms with Gasteiger partial charge in [0.05, 0.1) is 6.54 Å². The molecule has 0 saturated carbocycles. The Bertz CT molecular complexity index is 300. The maximum atomic E-state index is 11.3. The number of carbonyl (C=O) groups excluding carboxylic acids is 2. The third-order valence-electron chi connectivity index (χ3n) is 1.85. The van der Waals surface area contributed by atoms with Crippen molar-refractivity contribution in [3.05, 3.63) is 0 Å². The number of nitrogens with one attached hydrogen (secondary N) is 2. The van der Waals surface area contributed by atoms with Crippen molar-refractivity contribution in [3.8, 4) is 0 Å². The predicted octanol–water partition coefficient (Wildman–Crippen LogP) is -0.413. The van der Waals surface area contributed by atoms with E-state index in [1.807, 2.05) is 6.26 Å². The first kappa shape index (κ1) is 16.4. The fourth-order valence-electron chi connectivity index (χ4n) is 1.02. The van der Waals surface area contributed by atoms with Crippen LogP contribution in [0.25, 0.3) is 0 Å². The third-order valence-corrected chi connectivity index (χ3v) is 2.49. The summed E-state index contributed by atoms with van der Waals surface area (Å²) in [5.41, 5.74) is 4.72. The lowest BCUT2D eigenvalue weighted by Crippen LogP contribution is -2.47. The van der Waals surface area contributed by atoms with E-state index in [1.165, 1.54) is 11.8 Å². The molecule has 0 aromatic carbocycles. The smallest absolute Gasteiger partial charge is 0.404 e. The van der Waals surface area contributed by atoms with Crippen LogP contribution >= 0.6 is 11.8 Å². The number of rotatable bonds is 8. The lowest BCUT2D eigenvalue weighted by Gasteiger charge is -2.14. The Balaban J connectivity index is 3.87. The maximum absolute atomic E-state index is 11.3. The van der Waals surface area contributed by atoms with Gasteiger partial charge in [-0.3, -0.25) is 0 Å². The SMILES string of the molecule is CSCC[C@H](NC(=O)NCCOC(N)=O)C(=O)O. The maximum Gasteiger partial charge on any atom is 0.404 e. The van der Waals surface area contributed by atoms with Crippen molar-refractivity contribution in [1.82, 2.24) is 10.6 Å². The molecule has 9 heteroatoms. The molecule has 0 bridgehead atoms. The zero-order valence-corrected chi connectivity index (χ0v) is 10.8. The van der Waals surface area contributed by atoms with Crippen LogP contribution in [0.2, 0.25) is 0 Å². The Hall–Kier alpha value is -1.64. The van der Waals surface area contributed by atoms with E-state index in [9.17, 15) is 14.4 Å². The van der Waals surface area contributed by atoms with Crippen molar-refractivity contribution in [3.63, 3.8) is 0 Å². The summed E-state index contributed by atoms with van der Waals surface area (Å²) in [5.74, 6) is -0.463. The highest BCUT2D eigenvalue weighted by Crippen LogP contribution is 2.00. The monoisotopic (exact) mass is 279 g/mol. The Morgan fingerprint density at radius 1 is 1.44 bits per heavy atom. The van der Waals surface area contributed by atoms with Gasteiger partial charge in [0.1, 0.15) is 12.6 Å². The summed E-state index contributed by atoms with van der Waals surface area (Å²) in [6.45, 7) is -0.00502. The van der Waals surface area contributed by atoms with Crippen molar-refractivity contribution in [2.24, 2.45) is 5.73 Å². The van der Waals surface area contributed by atoms with Crippen molar-refractivity contribution in [2.75, 3.05) is 25.2 Å². The van der Waals surface area contributed by atoms with Crippen LogP contribution in [0.15, 0.2) is 0 Å². The van der Waals surface area contributed by atoms with Gasteiger partial charge in [-0.25, -0.2) is 14.4 Å². The number of thioether (sulfide) groups is 1. The minimum atomic E-state index is -1.09. The lowest BCUT2D eigenvalue weighted by molar-refractivity contribution is -0.139. The molecule has 0 aromatic heterocycles. The molecule has 3 amide bonds. The van der Waals surface area contributed by atoms with Crippen molar-refractivity contribution in [1.29, 1.82) is 0 Å². The molecule has 0 aliphatic rings. The van der Waals surface area contributed by atoms with Crippen LogP contribution in [0.3, 0.4) is 0 Å². The van der Waals surface area contributed by atoms with Crippen LogP contribution in [-0.4, -0.2) is 54.4 Å². The lowest BCUT2D eigenvalue weighted by atomic mass is 10.2. The molecule has 104 valence electrons. The molecular formula is C9H17N3O5S. The van der Waals surface area contributed by atoms with Gasteiger partial charge in [0.2, 0.25) is 0 Å². The number of amides is 3. The number of urea groups is 1. The van der Waals surface area contributed by atoms with E-state index < -0.39 is 24.1 Å². The second-order valence-corrected chi connectivity index (χ2v) is 4.23. The fraction of sp³-hybridized carbons (Fsp3) is 0.667. The molecule has 0 rings (SSSR count). The molecule has 0 unspecified atom stereocenters. The van der Waals surface area contributed by atoms with Crippen LogP contribution in [0, 0.1) is 0 Å². The highest BCUT2D eigenvalue weighted by atomic mass is 32.2. The highest BCUT2D eigenvalue weighted by molar-refractivity contribution is 7.98. The zero-order valence-electron chi connectivity index (χ0n) is 9.97. The second kappa shape index (κ2) is 9.40. The second-order valence-electron chi connectivity index (χ2n) is 3.24. The number of carboxylic acids is 1. The average molecular weight is 279 g/mol. The van der Waals surface area contributed by atoms with Gasteiger partial charge in [-0.1, -0.05) is 0 Å². The number of hydrogen-bond donors (Lipinski definition) is 4. The van der Waals surface area contributed by atoms with Gasteiger partial charge in [0.15, 0.2) is 0 Å². The first-order valence-electron chi connectivity index (χ1n) is 5.15. The van der Waals surface area contributed by atoms with Crippen LogP contribution in [-0.2, 0) is 9.53 Å². The Kier molecular flexibility index (Phi) is 8.54. The molecule has 0 saturated heterocycles. The molecule has 0 spiro atoms. The number of ether oxygens (including phenoxy) is 1. The van der Waals surface area contributed by atoms with Gasteiger partial charge in [0, 0.05) is 0 Å².